The molecule has 84 valence electrons. The Morgan fingerprint density at radius 1 is 1.50 bits per heavy atom. The fourth-order valence-electron chi connectivity index (χ4n) is 1.45. The summed E-state index contributed by atoms with van der Waals surface area (Å²) < 4.78 is 1.00. The first-order valence-corrected chi connectivity index (χ1v) is 6.45. The topological polar surface area (TPSA) is 59.1 Å². The summed E-state index contributed by atoms with van der Waals surface area (Å²) in [5, 5.41) is 12.0. The summed E-state index contributed by atoms with van der Waals surface area (Å²) in [6.45, 7) is 0. The minimum atomic E-state index is -0.488. The number of hydrogen-bond donors (Lipinski definition) is 2. The first-order valence-electron chi connectivity index (χ1n) is 4.77. The number of thiophene rings is 1. The van der Waals surface area contributed by atoms with Crippen LogP contribution in [0.5, 0.6) is 0 Å². The highest BCUT2D eigenvalue weighted by molar-refractivity contribution is 9.10. The van der Waals surface area contributed by atoms with Crippen LogP contribution in [-0.4, -0.2) is 10.1 Å². The molecule has 0 aliphatic carbocycles. The van der Waals surface area contributed by atoms with Gasteiger partial charge in [-0.15, -0.1) is 11.3 Å². The number of anilines is 1. The van der Waals surface area contributed by atoms with Crippen molar-refractivity contribution in [3.05, 3.63) is 44.7 Å². The standard InChI is InChI=1S/C11H11BrN2OS/c12-8-5-10(16-6-8)9(15)3-7-1-2-14-11(13)4-7/h1-2,4-6,9,15H,3H2,(H2,13,14). The minimum absolute atomic E-state index is 0.483. The summed E-state index contributed by atoms with van der Waals surface area (Å²) in [5.41, 5.74) is 6.57. The Morgan fingerprint density at radius 2 is 2.31 bits per heavy atom. The zero-order valence-electron chi connectivity index (χ0n) is 8.43. The van der Waals surface area contributed by atoms with Crippen molar-refractivity contribution in [3.63, 3.8) is 0 Å². The molecule has 0 radical (unpaired) electrons. The lowest BCUT2D eigenvalue weighted by Gasteiger charge is -2.08. The lowest BCUT2D eigenvalue weighted by atomic mass is 10.1. The van der Waals surface area contributed by atoms with E-state index in [2.05, 4.69) is 20.9 Å². The van der Waals surface area contributed by atoms with Crippen molar-refractivity contribution in [3.8, 4) is 0 Å². The molecule has 3 N–H and O–H groups in total. The van der Waals surface area contributed by atoms with Crippen LogP contribution in [0.4, 0.5) is 5.82 Å². The van der Waals surface area contributed by atoms with Gasteiger partial charge in [-0.1, -0.05) is 0 Å². The summed E-state index contributed by atoms with van der Waals surface area (Å²) in [7, 11) is 0. The molecule has 0 saturated carbocycles. The number of aliphatic hydroxyl groups excluding tert-OH is 1. The third-order valence-electron chi connectivity index (χ3n) is 2.19. The van der Waals surface area contributed by atoms with E-state index < -0.39 is 6.10 Å². The van der Waals surface area contributed by atoms with Gasteiger partial charge in [-0.05, 0) is 39.7 Å². The molecule has 3 nitrogen and oxygen atoms in total. The van der Waals surface area contributed by atoms with Gasteiger partial charge in [-0.25, -0.2) is 4.98 Å². The van der Waals surface area contributed by atoms with Gasteiger partial charge in [0.1, 0.15) is 5.82 Å². The number of halogens is 1. The van der Waals surface area contributed by atoms with Crippen molar-refractivity contribution >= 4 is 33.1 Å². The molecular formula is C11H11BrN2OS. The van der Waals surface area contributed by atoms with E-state index in [1.165, 1.54) is 11.3 Å². The maximum absolute atomic E-state index is 10.0. The van der Waals surface area contributed by atoms with Gasteiger partial charge >= 0.3 is 0 Å². The Morgan fingerprint density at radius 3 is 2.94 bits per heavy atom. The number of aromatic nitrogens is 1. The Labute approximate surface area is 106 Å². The quantitative estimate of drug-likeness (QED) is 0.916. The molecule has 0 aliphatic heterocycles. The molecule has 1 atom stereocenters. The average molecular weight is 299 g/mol. The molecule has 16 heavy (non-hydrogen) atoms. The third-order valence-corrected chi connectivity index (χ3v) is 3.99. The van der Waals surface area contributed by atoms with E-state index in [1.54, 1.807) is 12.3 Å². The van der Waals surface area contributed by atoms with E-state index in [9.17, 15) is 5.11 Å². The van der Waals surface area contributed by atoms with Gasteiger partial charge in [-0.3, -0.25) is 0 Å². The summed E-state index contributed by atoms with van der Waals surface area (Å²) in [6, 6.07) is 5.58. The fourth-order valence-corrected chi connectivity index (χ4v) is 2.88. The summed E-state index contributed by atoms with van der Waals surface area (Å²) in [5.74, 6) is 0.483. The van der Waals surface area contributed by atoms with E-state index in [1.807, 2.05) is 17.5 Å². The molecule has 0 spiro atoms. The number of rotatable bonds is 3. The zero-order valence-corrected chi connectivity index (χ0v) is 10.8. The maximum Gasteiger partial charge on any atom is 0.123 e. The smallest absolute Gasteiger partial charge is 0.123 e. The maximum atomic E-state index is 10.0. The largest absolute Gasteiger partial charge is 0.387 e. The molecule has 0 fully saturated rings. The Kier molecular flexibility index (Phi) is 3.58. The lowest BCUT2D eigenvalue weighted by molar-refractivity contribution is 0.182. The number of pyridine rings is 1. The van der Waals surface area contributed by atoms with Crippen LogP contribution in [0.25, 0.3) is 0 Å². The predicted octanol–water partition coefficient (Wildman–Crippen LogP) is 2.76. The second-order valence-corrected chi connectivity index (χ2v) is 5.33. The fraction of sp³-hybridized carbons (Fsp3) is 0.182. The Bertz CT molecular complexity index is 486. The van der Waals surface area contributed by atoms with E-state index in [0.717, 1.165) is 14.9 Å². The van der Waals surface area contributed by atoms with Crippen LogP contribution in [0.15, 0.2) is 34.2 Å². The molecule has 0 amide bonds. The Balaban J connectivity index is 2.10. The van der Waals surface area contributed by atoms with Gasteiger partial charge in [0.05, 0.1) is 6.10 Å². The van der Waals surface area contributed by atoms with Crippen LogP contribution in [-0.2, 0) is 6.42 Å². The molecule has 5 heteroatoms. The summed E-state index contributed by atoms with van der Waals surface area (Å²) >= 11 is 4.90. The van der Waals surface area contributed by atoms with Gasteiger partial charge in [0.2, 0.25) is 0 Å². The molecule has 1 unspecified atom stereocenters. The van der Waals surface area contributed by atoms with Crippen LogP contribution in [0.1, 0.15) is 16.5 Å². The zero-order chi connectivity index (χ0) is 11.5. The number of nitrogens with zero attached hydrogens (tertiary/aromatic N) is 1. The first-order chi connectivity index (χ1) is 7.65. The minimum Gasteiger partial charge on any atom is -0.387 e. The van der Waals surface area contributed by atoms with Gasteiger partial charge < -0.3 is 10.8 Å². The van der Waals surface area contributed by atoms with Crippen LogP contribution >= 0.6 is 27.3 Å². The van der Waals surface area contributed by atoms with E-state index >= 15 is 0 Å². The van der Waals surface area contributed by atoms with Gasteiger partial charge in [-0.2, -0.15) is 0 Å². The van der Waals surface area contributed by atoms with E-state index in [4.69, 9.17) is 5.73 Å². The molecule has 2 aromatic heterocycles. The highest BCUT2D eigenvalue weighted by Gasteiger charge is 2.11. The summed E-state index contributed by atoms with van der Waals surface area (Å²) in [6.07, 6.45) is 1.72. The van der Waals surface area contributed by atoms with E-state index in [0.29, 0.717) is 12.2 Å². The Hall–Kier alpha value is -0.910. The van der Waals surface area contributed by atoms with Crippen molar-refractivity contribution in [2.24, 2.45) is 0 Å². The van der Waals surface area contributed by atoms with Crippen LogP contribution in [0, 0.1) is 0 Å². The monoisotopic (exact) mass is 298 g/mol. The molecule has 2 rings (SSSR count). The van der Waals surface area contributed by atoms with Crippen molar-refractivity contribution in [2.75, 3.05) is 5.73 Å². The molecule has 0 aromatic carbocycles. The molecule has 0 saturated heterocycles. The lowest BCUT2D eigenvalue weighted by Crippen LogP contribution is -2.00. The van der Waals surface area contributed by atoms with Crippen LogP contribution in [0.2, 0.25) is 0 Å². The van der Waals surface area contributed by atoms with Crippen LogP contribution < -0.4 is 5.73 Å². The van der Waals surface area contributed by atoms with Crippen molar-refractivity contribution in [2.45, 2.75) is 12.5 Å². The number of nitrogens with two attached hydrogens (primary N) is 1. The second-order valence-electron chi connectivity index (χ2n) is 3.48. The number of nitrogen functional groups attached to an aromatic ring is 1. The van der Waals surface area contributed by atoms with Gasteiger partial charge in [0.25, 0.3) is 0 Å². The van der Waals surface area contributed by atoms with E-state index in [-0.39, 0.29) is 0 Å². The molecule has 2 heterocycles. The highest BCUT2D eigenvalue weighted by atomic mass is 79.9. The van der Waals surface area contributed by atoms with Crippen molar-refractivity contribution in [1.82, 2.24) is 4.98 Å². The first kappa shape index (κ1) is 11.6. The molecule has 0 aliphatic rings. The number of hydrogen-bond acceptors (Lipinski definition) is 4. The predicted molar refractivity (Wildman–Crippen MR) is 69.3 cm³/mol. The highest BCUT2D eigenvalue weighted by Crippen LogP contribution is 2.27. The SMILES string of the molecule is Nc1cc(CC(O)c2cc(Br)cs2)ccn1. The van der Waals surface area contributed by atoms with Gasteiger partial charge in [0.15, 0.2) is 0 Å². The number of aliphatic hydroxyl groups is 1. The average Bonchev–Trinajstić information content (AvgIpc) is 2.65. The molecule has 0 bridgehead atoms. The molecular weight excluding hydrogens is 288 g/mol. The van der Waals surface area contributed by atoms with Crippen molar-refractivity contribution < 1.29 is 5.11 Å². The van der Waals surface area contributed by atoms with Crippen molar-refractivity contribution in [1.29, 1.82) is 0 Å². The summed E-state index contributed by atoms with van der Waals surface area (Å²) in [4.78, 5) is 4.86. The molecule has 2 aromatic rings. The normalized spacial score (nSPS) is 12.6. The van der Waals surface area contributed by atoms with Gasteiger partial charge in [0, 0.05) is 27.3 Å². The second kappa shape index (κ2) is 4.95. The van der Waals surface area contributed by atoms with Crippen LogP contribution in [0.3, 0.4) is 0 Å². The third kappa shape index (κ3) is 2.81.